The minimum absolute atomic E-state index is 0.0972. The molecule has 20 heavy (non-hydrogen) atoms. The smallest absolute Gasteiger partial charge is 0.241 e. The van der Waals surface area contributed by atoms with Gasteiger partial charge in [0.05, 0.1) is 17.0 Å². The van der Waals surface area contributed by atoms with E-state index < -0.39 is 5.41 Å². The molecule has 2 fully saturated rings. The van der Waals surface area contributed by atoms with Gasteiger partial charge < -0.3 is 5.11 Å². The number of allylic oxidation sites excluding steroid dienone is 2. The van der Waals surface area contributed by atoms with E-state index in [0.717, 1.165) is 6.42 Å². The lowest BCUT2D eigenvalue weighted by molar-refractivity contribution is -0.127. The molecule has 4 nitrogen and oxygen atoms in total. The number of carbonyl (C=O) groups excluding carboxylic acids is 2. The number of benzene rings is 1. The highest BCUT2D eigenvalue weighted by Crippen LogP contribution is 2.60. The Kier molecular flexibility index (Phi) is 2.05. The van der Waals surface area contributed by atoms with E-state index in [0.29, 0.717) is 5.69 Å². The number of carbonyl (C=O) groups is 2. The molecule has 2 bridgehead atoms. The van der Waals surface area contributed by atoms with Gasteiger partial charge in [-0.1, -0.05) is 12.2 Å². The molecule has 1 heterocycles. The van der Waals surface area contributed by atoms with Gasteiger partial charge in [-0.25, -0.2) is 4.90 Å². The molecule has 1 aliphatic heterocycles. The van der Waals surface area contributed by atoms with Crippen molar-refractivity contribution in [2.24, 2.45) is 23.2 Å². The third kappa shape index (κ3) is 1.17. The van der Waals surface area contributed by atoms with Crippen molar-refractivity contribution >= 4 is 17.5 Å². The largest absolute Gasteiger partial charge is 0.508 e. The van der Waals surface area contributed by atoms with Crippen LogP contribution in [-0.2, 0) is 9.59 Å². The summed E-state index contributed by atoms with van der Waals surface area (Å²) < 4.78 is 0. The van der Waals surface area contributed by atoms with Crippen molar-refractivity contribution in [1.29, 1.82) is 0 Å². The Morgan fingerprint density at radius 2 is 1.90 bits per heavy atom. The van der Waals surface area contributed by atoms with Gasteiger partial charge in [0.15, 0.2) is 0 Å². The number of phenolic OH excluding ortho intramolecular Hbond substituents is 1. The third-order valence-electron chi connectivity index (χ3n) is 5.22. The first kappa shape index (κ1) is 11.7. The van der Waals surface area contributed by atoms with Gasteiger partial charge >= 0.3 is 0 Å². The standard InChI is InChI=1S/C16H15NO3/c1-16-10-3-2-9(8-10)13(16)14(19)17(15(16)20)11-4-6-12(18)7-5-11/h2-7,9-10,13,18H,8H2,1H3/t9-,10+,13-,16-/m0/s1. The van der Waals surface area contributed by atoms with Gasteiger partial charge in [0, 0.05) is 0 Å². The van der Waals surface area contributed by atoms with Crippen molar-refractivity contribution in [3.8, 4) is 5.75 Å². The summed E-state index contributed by atoms with van der Waals surface area (Å²) >= 11 is 0. The van der Waals surface area contributed by atoms with Crippen LogP contribution in [-0.4, -0.2) is 16.9 Å². The van der Waals surface area contributed by atoms with E-state index in [4.69, 9.17) is 0 Å². The molecule has 4 atom stereocenters. The average Bonchev–Trinajstić information content (AvgIpc) is 3.05. The number of hydrogen-bond acceptors (Lipinski definition) is 3. The average molecular weight is 269 g/mol. The summed E-state index contributed by atoms with van der Waals surface area (Å²) in [5, 5.41) is 9.34. The highest BCUT2D eigenvalue weighted by molar-refractivity contribution is 6.24. The van der Waals surface area contributed by atoms with E-state index in [2.05, 4.69) is 12.2 Å². The molecule has 2 amide bonds. The molecule has 4 rings (SSSR count). The molecule has 3 aliphatic rings. The third-order valence-corrected chi connectivity index (χ3v) is 5.22. The van der Waals surface area contributed by atoms with Crippen LogP contribution >= 0.6 is 0 Å². The Morgan fingerprint density at radius 1 is 1.20 bits per heavy atom. The minimum atomic E-state index is -0.589. The lowest BCUT2D eigenvalue weighted by Gasteiger charge is -2.28. The number of nitrogens with zero attached hydrogens (tertiary/aromatic N) is 1. The first-order valence-corrected chi connectivity index (χ1v) is 6.89. The summed E-state index contributed by atoms with van der Waals surface area (Å²) in [5.41, 5.74) is -0.0400. The van der Waals surface area contributed by atoms with Gasteiger partial charge in [-0.15, -0.1) is 0 Å². The number of hydrogen-bond donors (Lipinski definition) is 1. The van der Waals surface area contributed by atoms with Crippen LogP contribution in [0.2, 0.25) is 0 Å². The quantitative estimate of drug-likeness (QED) is 0.627. The van der Waals surface area contributed by atoms with E-state index in [1.54, 1.807) is 12.1 Å². The fourth-order valence-electron chi connectivity index (χ4n) is 4.15. The second kappa shape index (κ2) is 3.51. The highest BCUT2D eigenvalue weighted by Gasteiger charge is 2.67. The molecule has 0 radical (unpaired) electrons. The van der Waals surface area contributed by atoms with E-state index in [1.165, 1.54) is 17.0 Å². The van der Waals surface area contributed by atoms with Crippen molar-refractivity contribution in [1.82, 2.24) is 0 Å². The zero-order chi connectivity index (χ0) is 14.1. The Balaban J connectivity index is 1.80. The van der Waals surface area contributed by atoms with E-state index >= 15 is 0 Å². The summed E-state index contributed by atoms with van der Waals surface area (Å²) in [5.74, 6) is 0.0782. The van der Waals surface area contributed by atoms with Crippen LogP contribution < -0.4 is 4.90 Å². The maximum absolute atomic E-state index is 12.8. The number of rotatable bonds is 1. The molecule has 1 N–H and O–H groups in total. The molecule has 1 saturated heterocycles. The van der Waals surface area contributed by atoms with Crippen LogP contribution in [0.3, 0.4) is 0 Å². The van der Waals surface area contributed by atoms with E-state index in [-0.39, 0.29) is 35.3 Å². The van der Waals surface area contributed by atoms with Gasteiger partial charge in [0.1, 0.15) is 5.75 Å². The zero-order valence-corrected chi connectivity index (χ0v) is 11.1. The van der Waals surface area contributed by atoms with Crippen LogP contribution in [0.5, 0.6) is 5.75 Å². The van der Waals surface area contributed by atoms with Crippen molar-refractivity contribution in [2.75, 3.05) is 4.90 Å². The van der Waals surface area contributed by atoms with E-state index in [9.17, 15) is 14.7 Å². The van der Waals surface area contributed by atoms with Gasteiger partial charge in [0.2, 0.25) is 11.8 Å². The van der Waals surface area contributed by atoms with E-state index in [1.807, 2.05) is 6.92 Å². The first-order chi connectivity index (χ1) is 9.53. The summed E-state index contributed by atoms with van der Waals surface area (Å²) in [6.45, 7) is 1.92. The predicted octanol–water partition coefficient (Wildman–Crippen LogP) is 2.09. The second-order valence-electron chi connectivity index (χ2n) is 6.15. The normalized spacial score (nSPS) is 37.9. The molecule has 0 spiro atoms. The fraction of sp³-hybridized carbons (Fsp3) is 0.375. The van der Waals surface area contributed by atoms with Gasteiger partial charge in [-0.05, 0) is 49.4 Å². The Hall–Kier alpha value is -2.10. The Labute approximate surface area is 116 Å². The van der Waals surface area contributed by atoms with Crippen molar-refractivity contribution in [3.63, 3.8) is 0 Å². The van der Waals surface area contributed by atoms with Crippen molar-refractivity contribution in [2.45, 2.75) is 13.3 Å². The van der Waals surface area contributed by atoms with Crippen LogP contribution in [0.25, 0.3) is 0 Å². The molecule has 2 aliphatic carbocycles. The first-order valence-electron chi connectivity index (χ1n) is 6.89. The summed E-state index contributed by atoms with van der Waals surface area (Å²) in [6.07, 6.45) is 5.09. The molecule has 0 unspecified atom stereocenters. The van der Waals surface area contributed by atoms with Crippen LogP contribution in [0.15, 0.2) is 36.4 Å². The zero-order valence-electron chi connectivity index (χ0n) is 11.1. The van der Waals surface area contributed by atoms with Crippen molar-refractivity contribution < 1.29 is 14.7 Å². The molecule has 0 aromatic heterocycles. The number of aromatic hydroxyl groups is 1. The minimum Gasteiger partial charge on any atom is -0.508 e. The lowest BCUT2D eigenvalue weighted by Crippen LogP contribution is -2.37. The second-order valence-corrected chi connectivity index (χ2v) is 6.15. The fourth-order valence-corrected chi connectivity index (χ4v) is 4.15. The number of fused-ring (bicyclic) bond motifs is 5. The molecule has 1 aromatic rings. The summed E-state index contributed by atoms with van der Waals surface area (Å²) in [4.78, 5) is 26.8. The molecule has 102 valence electrons. The maximum Gasteiger partial charge on any atom is 0.241 e. The van der Waals surface area contributed by atoms with Crippen LogP contribution in [0.1, 0.15) is 13.3 Å². The molecule has 1 aromatic carbocycles. The van der Waals surface area contributed by atoms with Crippen LogP contribution in [0.4, 0.5) is 5.69 Å². The van der Waals surface area contributed by atoms with Gasteiger partial charge in [0.25, 0.3) is 0 Å². The Morgan fingerprint density at radius 3 is 2.55 bits per heavy atom. The molecule has 4 heteroatoms. The molecular formula is C16H15NO3. The lowest BCUT2D eigenvalue weighted by atomic mass is 9.71. The molecular weight excluding hydrogens is 254 g/mol. The van der Waals surface area contributed by atoms with Crippen molar-refractivity contribution in [3.05, 3.63) is 36.4 Å². The monoisotopic (exact) mass is 269 g/mol. The SMILES string of the molecule is C[C@@]12C(=O)N(c3ccc(O)cc3)C(=O)[C@@H]1[C@H]1C=C[C@@H]2C1. The number of imide groups is 1. The highest BCUT2D eigenvalue weighted by atomic mass is 16.3. The van der Waals surface area contributed by atoms with Crippen LogP contribution in [0, 0.1) is 23.2 Å². The molecule has 1 saturated carbocycles. The van der Waals surface area contributed by atoms with Gasteiger partial charge in [-0.3, -0.25) is 9.59 Å². The number of phenols is 1. The predicted molar refractivity (Wildman–Crippen MR) is 72.9 cm³/mol. The van der Waals surface area contributed by atoms with Gasteiger partial charge in [-0.2, -0.15) is 0 Å². The topological polar surface area (TPSA) is 57.6 Å². The summed E-state index contributed by atoms with van der Waals surface area (Å²) in [7, 11) is 0. The summed E-state index contributed by atoms with van der Waals surface area (Å²) in [6, 6.07) is 6.23. The number of anilines is 1. The number of amides is 2. The maximum atomic E-state index is 12.8. The Bertz CT molecular complexity index is 648.